The highest BCUT2D eigenvalue weighted by Crippen LogP contribution is 2.17. The lowest BCUT2D eigenvalue weighted by Crippen LogP contribution is -2.45. The van der Waals surface area contributed by atoms with E-state index in [-0.39, 0.29) is 12.5 Å². The van der Waals surface area contributed by atoms with E-state index in [1.165, 1.54) is 205 Å². The summed E-state index contributed by atoms with van der Waals surface area (Å²) < 4.78 is 0. The molecule has 58 heavy (non-hydrogen) atoms. The van der Waals surface area contributed by atoms with E-state index >= 15 is 0 Å². The molecule has 0 aromatic rings. The Balaban J connectivity index is 3.32. The van der Waals surface area contributed by atoms with Crippen molar-refractivity contribution in [2.24, 2.45) is 0 Å². The lowest BCUT2D eigenvalue weighted by molar-refractivity contribution is -0.123. The molecule has 0 fully saturated rings. The minimum Gasteiger partial charge on any atom is -0.394 e. The lowest BCUT2D eigenvalue weighted by Gasteiger charge is -2.19. The minimum absolute atomic E-state index is 0.0754. The molecule has 0 rings (SSSR count). The molecule has 0 aliphatic heterocycles. The number of unbranched alkanes of at least 4 members (excludes halogenated alkanes) is 34. The van der Waals surface area contributed by atoms with Crippen molar-refractivity contribution in [2.45, 2.75) is 283 Å². The van der Waals surface area contributed by atoms with Gasteiger partial charge in [-0.1, -0.05) is 255 Å². The van der Waals surface area contributed by atoms with E-state index in [1.54, 1.807) is 6.08 Å². The van der Waals surface area contributed by atoms with Gasteiger partial charge in [-0.15, -0.1) is 0 Å². The van der Waals surface area contributed by atoms with Gasteiger partial charge >= 0.3 is 0 Å². The highest BCUT2D eigenvalue weighted by atomic mass is 16.3. The summed E-state index contributed by atoms with van der Waals surface area (Å²) in [6.45, 7) is 4.19. The van der Waals surface area contributed by atoms with Crippen LogP contribution in [-0.4, -0.2) is 34.9 Å². The number of allylic oxidation sites excluding steroid dienone is 7. The predicted molar refractivity (Wildman–Crippen MR) is 258 cm³/mol. The summed E-state index contributed by atoms with van der Waals surface area (Å²) in [5.41, 5.74) is 0. The molecule has 0 aromatic carbocycles. The van der Waals surface area contributed by atoms with E-state index in [0.29, 0.717) is 6.42 Å². The average molecular weight is 812 g/mol. The van der Waals surface area contributed by atoms with Gasteiger partial charge in [0.25, 0.3) is 0 Å². The molecule has 0 heterocycles. The van der Waals surface area contributed by atoms with Crippen molar-refractivity contribution in [3.05, 3.63) is 48.6 Å². The molecule has 340 valence electrons. The Bertz CT molecular complexity index is 923. The summed E-state index contributed by atoms with van der Waals surface area (Å²) >= 11 is 0. The monoisotopic (exact) mass is 812 g/mol. The van der Waals surface area contributed by atoms with Crippen molar-refractivity contribution in [3.8, 4) is 0 Å². The molecule has 4 heteroatoms. The smallest absolute Gasteiger partial charge is 0.220 e. The zero-order chi connectivity index (χ0) is 42.1. The van der Waals surface area contributed by atoms with Gasteiger partial charge in [-0.2, -0.15) is 0 Å². The zero-order valence-electron chi connectivity index (χ0n) is 39.1. The van der Waals surface area contributed by atoms with E-state index in [2.05, 4.69) is 55.6 Å². The normalized spacial score (nSPS) is 13.2. The van der Waals surface area contributed by atoms with Crippen LogP contribution in [0.15, 0.2) is 48.6 Å². The molecule has 0 bridgehead atoms. The van der Waals surface area contributed by atoms with Gasteiger partial charge < -0.3 is 15.5 Å². The number of nitrogens with one attached hydrogen (secondary N) is 1. The highest BCUT2D eigenvalue weighted by Gasteiger charge is 2.17. The second-order valence-corrected chi connectivity index (χ2v) is 17.6. The summed E-state index contributed by atoms with van der Waals surface area (Å²) in [5.74, 6) is -0.0754. The first kappa shape index (κ1) is 56.4. The van der Waals surface area contributed by atoms with Crippen molar-refractivity contribution < 1.29 is 15.0 Å². The van der Waals surface area contributed by atoms with Crippen molar-refractivity contribution in [3.63, 3.8) is 0 Å². The lowest BCUT2D eigenvalue weighted by atomic mass is 10.0. The molecular weight excluding hydrogens is 711 g/mol. The SMILES string of the molecule is CCC/C=C/CC/C=C/C(O)C(CO)NC(=O)CCCCCCCCCCCCCCCCCCCCCCCCCCCCC/C=C\C/C=C\CCCCCCC. The molecule has 1 amide bonds. The van der Waals surface area contributed by atoms with E-state index in [0.717, 1.165) is 44.9 Å². The number of carbonyl (C=O) groups is 1. The third-order valence-corrected chi connectivity index (χ3v) is 11.8. The molecule has 0 saturated heterocycles. The van der Waals surface area contributed by atoms with Crippen LogP contribution in [0.5, 0.6) is 0 Å². The summed E-state index contributed by atoms with van der Waals surface area (Å²) in [7, 11) is 0. The van der Waals surface area contributed by atoms with Crippen LogP contribution in [0.4, 0.5) is 0 Å². The van der Waals surface area contributed by atoms with Crippen LogP contribution in [0, 0.1) is 0 Å². The number of carbonyl (C=O) groups excluding carboxylic acids is 1. The van der Waals surface area contributed by atoms with Crippen molar-refractivity contribution in [1.29, 1.82) is 0 Å². The fourth-order valence-corrected chi connectivity index (χ4v) is 7.82. The summed E-state index contributed by atoms with van der Waals surface area (Å²) in [6.07, 6.45) is 68.8. The Morgan fingerprint density at radius 3 is 1.16 bits per heavy atom. The Labute approximate surface area is 363 Å². The van der Waals surface area contributed by atoms with Crippen molar-refractivity contribution in [1.82, 2.24) is 5.32 Å². The third kappa shape index (κ3) is 45.4. The van der Waals surface area contributed by atoms with Crippen molar-refractivity contribution in [2.75, 3.05) is 6.61 Å². The summed E-state index contributed by atoms with van der Waals surface area (Å²) in [4.78, 5) is 12.3. The average Bonchev–Trinajstić information content (AvgIpc) is 3.23. The maximum Gasteiger partial charge on any atom is 0.220 e. The molecule has 3 N–H and O–H groups in total. The van der Waals surface area contributed by atoms with Gasteiger partial charge in [-0.3, -0.25) is 4.79 Å². The minimum atomic E-state index is -0.857. The predicted octanol–water partition coefficient (Wildman–Crippen LogP) is 16.7. The first-order valence-electron chi connectivity index (χ1n) is 25.9. The van der Waals surface area contributed by atoms with Gasteiger partial charge in [0.2, 0.25) is 5.91 Å². The van der Waals surface area contributed by atoms with Gasteiger partial charge in [0.1, 0.15) is 0 Å². The van der Waals surface area contributed by atoms with Gasteiger partial charge in [-0.25, -0.2) is 0 Å². The third-order valence-electron chi connectivity index (χ3n) is 11.8. The maximum atomic E-state index is 12.3. The van der Waals surface area contributed by atoms with Gasteiger partial charge in [0.15, 0.2) is 0 Å². The standard InChI is InChI=1S/C54H101NO3/c1-3-5-7-9-11-12-13-14-15-16-17-18-19-20-21-22-23-24-25-26-27-28-29-30-31-32-33-34-35-36-37-38-39-40-41-42-44-46-48-50-54(58)55-52(51-56)53(57)49-47-45-43-10-8-6-4-2/h8,10,13-14,16-17,47,49,52-53,56-57H,3-7,9,11-12,15,18-46,48,50-51H2,1-2H3,(H,55,58)/b10-8+,14-13-,17-16-,49-47+. The van der Waals surface area contributed by atoms with Crippen LogP contribution in [0.25, 0.3) is 0 Å². The Kier molecular flexibility index (Phi) is 48.3. The van der Waals surface area contributed by atoms with Crippen LogP contribution < -0.4 is 5.32 Å². The molecule has 0 aromatic heterocycles. The highest BCUT2D eigenvalue weighted by molar-refractivity contribution is 5.76. The van der Waals surface area contributed by atoms with E-state index in [9.17, 15) is 15.0 Å². The molecule has 0 saturated carbocycles. The summed E-state index contributed by atoms with van der Waals surface area (Å²) in [6, 6.07) is -0.634. The fourth-order valence-electron chi connectivity index (χ4n) is 7.82. The molecular formula is C54H101NO3. The van der Waals surface area contributed by atoms with E-state index < -0.39 is 12.1 Å². The molecule has 0 spiro atoms. The van der Waals surface area contributed by atoms with Gasteiger partial charge in [-0.05, 0) is 57.8 Å². The van der Waals surface area contributed by atoms with Crippen molar-refractivity contribution >= 4 is 5.91 Å². The van der Waals surface area contributed by atoms with E-state index in [4.69, 9.17) is 0 Å². The van der Waals surface area contributed by atoms with Crippen LogP contribution >= 0.6 is 0 Å². The molecule has 2 atom stereocenters. The number of aliphatic hydroxyl groups is 2. The molecule has 0 aliphatic carbocycles. The number of amides is 1. The molecule has 4 nitrogen and oxygen atoms in total. The topological polar surface area (TPSA) is 69.6 Å². The molecule has 2 unspecified atom stereocenters. The Hall–Kier alpha value is -1.65. The Morgan fingerprint density at radius 1 is 0.414 bits per heavy atom. The van der Waals surface area contributed by atoms with Crippen LogP contribution in [-0.2, 0) is 4.79 Å². The fraction of sp³-hybridized carbons (Fsp3) is 0.833. The largest absolute Gasteiger partial charge is 0.394 e. The van der Waals surface area contributed by atoms with E-state index in [1.807, 2.05) is 6.08 Å². The molecule has 0 radical (unpaired) electrons. The van der Waals surface area contributed by atoms with Crippen LogP contribution in [0.2, 0.25) is 0 Å². The number of rotatable bonds is 47. The van der Waals surface area contributed by atoms with Crippen LogP contribution in [0.1, 0.15) is 271 Å². The van der Waals surface area contributed by atoms with Gasteiger partial charge in [0, 0.05) is 6.42 Å². The first-order valence-corrected chi connectivity index (χ1v) is 25.9. The summed E-state index contributed by atoms with van der Waals surface area (Å²) in [5, 5.41) is 22.8. The van der Waals surface area contributed by atoms with Gasteiger partial charge in [0.05, 0.1) is 18.8 Å². The number of hydrogen-bond donors (Lipinski definition) is 3. The van der Waals surface area contributed by atoms with Crippen LogP contribution in [0.3, 0.4) is 0 Å². The second kappa shape index (κ2) is 49.7. The second-order valence-electron chi connectivity index (χ2n) is 17.6. The number of aliphatic hydroxyl groups excluding tert-OH is 2. The quantitative estimate of drug-likeness (QED) is 0.0423. The Morgan fingerprint density at radius 2 is 0.759 bits per heavy atom. The number of hydrogen-bond acceptors (Lipinski definition) is 3. The maximum absolute atomic E-state index is 12.3. The zero-order valence-corrected chi connectivity index (χ0v) is 39.1. The first-order chi connectivity index (χ1) is 28.7. The molecule has 0 aliphatic rings.